The van der Waals surface area contributed by atoms with Crippen molar-refractivity contribution in [3.8, 4) is 0 Å². The van der Waals surface area contributed by atoms with Crippen LogP contribution in [0.25, 0.3) is 0 Å². The maximum absolute atomic E-state index is 13.5. The van der Waals surface area contributed by atoms with Crippen LogP contribution in [0.5, 0.6) is 0 Å². The second-order valence-corrected chi connectivity index (χ2v) is 8.36. The Labute approximate surface area is 161 Å². The fourth-order valence-corrected chi connectivity index (χ4v) is 5.52. The molecule has 1 spiro atoms. The first-order valence-electron chi connectivity index (χ1n) is 10.4. The van der Waals surface area contributed by atoms with Gasteiger partial charge in [0.2, 0.25) is 0 Å². The van der Waals surface area contributed by atoms with Gasteiger partial charge in [-0.3, -0.25) is 4.79 Å². The summed E-state index contributed by atoms with van der Waals surface area (Å²) in [5.41, 5.74) is 5.53. The lowest BCUT2D eigenvalue weighted by atomic mass is 9.70. The first kappa shape index (κ1) is 17.1. The van der Waals surface area contributed by atoms with Gasteiger partial charge in [0.05, 0.1) is 5.69 Å². The van der Waals surface area contributed by atoms with Crippen molar-refractivity contribution in [3.63, 3.8) is 0 Å². The number of hydrazine groups is 1. The zero-order valence-electron chi connectivity index (χ0n) is 16.0. The number of carbonyl (C=O) groups excluding carboxylic acids is 1. The molecule has 1 saturated carbocycles. The first-order valence-corrected chi connectivity index (χ1v) is 10.4. The number of hydrogen-bond acceptors (Lipinski definition) is 3. The molecule has 1 amide bonds. The van der Waals surface area contributed by atoms with Crippen LogP contribution in [0, 0.1) is 11.8 Å². The summed E-state index contributed by atoms with van der Waals surface area (Å²) in [6, 6.07) is 8.13. The monoisotopic (exact) mass is 364 g/mol. The van der Waals surface area contributed by atoms with E-state index in [1.807, 2.05) is 25.2 Å². The van der Waals surface area contributed by atoms with Gasteiger partial charge in [0.25, 0.3) is 5.91 Å². The number of nitrogens with zero attached hydrogens (tertiary/aromatic N) is 1. The smallest absolute Gasteiger partial charge is 0.260 e. The van der Waals surface area contributed by atoms with E-state index >= 15 is 0 Å². The molecular formula is C23H28N2O2. The largest absolute Gasteiger partial charge is 0.492 e. The van der Waals surface area contributed by atoms with E-state index in [0.717, 1.165) is 22.6 Å². The minimum absolute atomic E-state index is 0.0855. The van der Waals surface area contributed by atoms with Crippen molar-refractivity contribution in [2.75, 3.05) is 18.7 Å². The highest BCUT2D eigenvalue weighted by atomic mass is 16.5. The van der Waals surface area contributed by atoms with Gasteiger partial charge in [0, 0.05) is 18.2 Å². The summed E-state index contributed by atoms with van der Waals surface area (Å²) in [5.74, 6) is 2.13. The second-order valence-electron chi connectivity index (χ2n) is 8.36. The Kier molecular flexibility index (Phi) is 4.12. The molecule has 0 aromatic heterocycles. The van der Waals surface area contributed by atoms with Crippen LogP contribution in [0.3, 0.4) is 0 Å². The second kappa shape index (κ2) is 6.52. The molecule has 3 unspecified atom stereocenters. The van der Waals surface area contributed by atoms with Crippen LogP contribution >= 0.6 is 0 Å². The lowest BCUT2D eigenvalue weighted by molar-refractivity contribution is -0.122. The zero-order valence-corrected chi connectivity index (χ0v) is 16.0. The minimum atomic E-state index is -0.686. The predicted molar refractivity (Wildman–Crippen MR) is 106 cm³/mol. The lowest BCUT2D eigenvalue weighted by Gasteiger charge is -2.30. The molecule has 1 aromatic carbocycles. The number of nitrogens with one attached hydrogen (secondary N) is 1. The number of ether oxygens (including phenoxy) is 1. The molecule has 2 fully saturated rings. The summed E-state index contributed by atoms with van der Waals surface area (Å²) >= 11 is 0. The molecule has 4 nitrogen and oxygen atoms in total. The number of allylic oxidation sites excluding steroid dienone is 3. The molecule has 2 aliphatic heterocycles. The van der Waals surface area contributed by atoms with Gasteiger partial charge < -0.3 is 4.74 Å². The van der Waals surface area contributed by atoms with Crippen molar-refractivity contribution < 1.29 is 9.53 Å². The van der Waals surface area contributed by atoms with Gasteiger partial charge in [-0.15, -0.1) is 0 Å². The third-order valence-corrected chi connectivity index (χ3v) is 6.94. The van der Waals surface area contributed by atoms with Gasteiger partial charge in [0.1, 0.15) is 17.8 Å². The highest BCUT2D eigenvalue weighted by Gasteiger charge is 2.59. The summed E-state index contributed by atoms with van der Waals surface area (Å²) in [4.78, 5) is 13.5. The van der Waals surface area contributed by atoms with Gasteiger partial charge >= 0.3 is 0 Å². The van der Waals surface area contributed by atoms with Crippen molar-refractivity contribution in [1.82, 2.24) is 5.43 Å². The van der Waals surface area contributed by atoms with Gasteiger partial charge in [-0.25, -0.2) is 10.4 Å². The Morgan fingerprint density at radius 1 is 1.04 bits per heavy atom. The maximum atomic E-state index is 13.5. The van der Waals surface area contributed by atoms with E-state index < -0.39 is 5.41 Å². The molecule has 4 aliphatic rings. The molecule has 1 saturated heterocycles. The summed E-state index contributed by atoms with van der Waals surface area (Å²) in [6.45, 7) is 0.415. The Morgan fingerprint density at radius 2 is 1.74 bits per heavy atom. The quantitative estimate of drug-likeness (QED) is 0.810. The number of anilines is 1. The van der Waals surface area contributed by atoms with Crippen LogP contribution in [-0.2, 0) is 14.9 Å². The third-order valence-electron chi connectivity index (χ3n) is 6.94. The average molecular weight is 364 g/mol. The van der Waals surface area contributed by atoms with Crippen LogP contribution < -0.4 is 10.4 Å². The summed E-state index contributed by atoms with van der Waals surface area (Å²) in [5, 5.41) is 1.69. The summed E-state index contributed by atoms with van der Waals surface area (Å²) in [6.07, 6.45) is 13.8. The molecule has 4 heteroatoms. The van der Waals surface area contributed by atoms with Crippen molar-refractivity contribution in [2.45, 2.75) is 50.4 Å². The molecule has 142 valence electrons. The molecule has 5 rings (SSSR count). The predicted octanol–water partition coefficient (Wildman–Crippen LogP) is 4.24. The summed E-state index contributed by atoms with van der Waals surface area (Å²) in [7, 11) is 1.81. The van der Waals surface area contributed by atoms with Gasteiger partial charge in [-0.2, -0.15) is 0 Å². The van der Waals surface area contributed by atoms with E-state index in [0.29, 0.717) is 18.4 Å². The molecule has 1 N–H and O–H groups in total. The average Bonchev–Trinajstić information content (AvgIpc) is 3.21. The molecule has 0 bridgehead atoms. The lowest BCUT2D eigenvalue weighted by Crippen LogP contribution is -2.47. The highest BCUT2D eigenvalue weighted by Crippen LogP contribution is 2.54. The molecule has 2 aliphatic carbocycles. The van der Waals surface area contributed by atoms with E-state index in [2.05, 4.69) is 23.6 Å². The minimum Gasteiger partial charge on any atom is -0.492 e. The molecule has 1 aromatic rings. The van der Waals surface area contributed by atoms with Gasteiger partial charge in [-0.05, 0) is 36.8 Å². The first-order chi connectivity index (χ1) is 13.3. The number of para-hydroxylation sites is 1. The van der Waals surface area contributed by atoms with E-state index in [1.165, 1.54) is 44.9 Å². The molecule has 3 atom stereocenters. The fourth-order valence-electron chi connectivity index (χ4n) is 5.52. The van der Waals surface area contributed by atoms with E-state index in [1.54, 1.807) is 5.01 Å². The van der Waals surface area contributed by atoms with Crippen molar-refractivity contribution in [2.24, 2.45) is 11.8 Å². The topological polar surface area (TPSA) is 41.6 Å². The SMILES string of the molecule is CNN1C(=O)C2(COC3=CC4CCCCCCCC4C=C32)c2ccccc21. The van der Waals surface area contributed by atoms with Crippen LogP contribution in [0.4, 0.5) is 5.69 Å². The number of rotatable bonds is 1. The number of fused-ring (bicyclic) bond motifs is 5. The van der Waals surface area contributed by atoms with Gasteiger partial charge in [0.15, 0.2) is 0 Å². The zero-order chi connectivity index (χ0) is 18.4. The highest BCUT2D eigenvalue weighted by molar-refractivity contribution is 6.11. The van der Waals surface area contributed by atoms with Crippen LogP contribution in [0.1, 0.15) is 50.5 Å². The number of amides is 1. The van der Waals surface area contributed by atoms with Crippen LogP contribution in [0.2, 0.25) is 0 Å². The van der Waals surface area contributed by atoms with E-state index in [-0.39, 0.29) is 5.91 Å². The van der Waals surface area contributed by atoms with E-state index in [4.69, 9.17) is 4.74 Å². The Bertz CT molecular complexity index is 827. The van der Waals surface area contributed by atoms with E-state index in [9.17, 15) is 4.79 Å². The van der Waals surface area contributed by atoms with Crippen molar-refractivity contribution in [3.05, 3.63) is 53.3 Å². The fraction of sp³-hybridized carbons (Fsp3) is 0.522. The van der Waals surface area contributed by atoms with Crippen LogP contribution in [-0.4, -0.2) is 19.6 Å². The number of benzene rings is 1. The molecule has 2 heterocycles. The summed E-state index contributed by atoms with van der Waals surface area (Å²) < 4.78 is 6.18. The van der Waals surface area contributed by atoms with Crippen molar-refractivity contribution in [1.29, 1.82) is 0 Å². The molecular weight excluding hydrogens is 336 g/mol. The Hall–Kier alpha value is -2.07. The number of carbonyl (C=O) groups is 1. The normalized spacial score (nSPS) is 32.5. The van der Waals surface area contributed by atoms with Crippen molar-refractivity contribution >= 4 is 11.6 Å². The Balaban J connectivity index is 1.60. The maximum Gasteiger partial charge on any atom is 0.260 e. The standard InChI is InChI=1S/C23H28N2O2/c1-24-25-20-12-8-7-11-18(20)23(22(25)26)15-27-21-14-17-10-6-4-2-3-5-9-16(17)13-19(21)23/h7-8,11-14,16-17,24H,2-6,9-10,15H2,1H3. The third kappa shape index (κ3) is 2.42. The Morgan fingerprint density at radius 3 is 2.52 bits per heavy atom. The van der Waals surface area contributed by atoms with Gasteiger partial charge in [-0.1, -0.05) is 56.4 Å². The molecule has 0 radical (unpaired) electrons. The number of hydrogen-bond donors (Lipinski definition) is 1. The molecule has 27 heavy (non-hydrogen) atoms. The van der Waals surface area contributed by atoms with Crippen LogP contribution in [0.15, 0.2) is 47.7 Å².